The van der Waals surface area contributed by atoms with Crippen molar-refractivity contribution >= 4 is 18.9 Å². The maximum absolute atomic E-state index is 12.2. The molecular formula is C30H24O3. The summed E-state index contributed by atoms with van der Waals surface area (Å²) in [6.45, 7) is 0. The summed E-state index contributed by atoms with van der Waals surface area (Å²) in [5.74, 6) is 0.494. The molecule has 0 saturated heterocycles. The number of benzene rings is 3. The molecule has 0 unspecified atom stereocenters. The van der Waals surface area contributed by atoms with E-state index in [-0.39, 0.29) is 17.8 Å². The highest BCUT2D eigenvalue weighted by molar-refractivity contribution is 5.80. The van der Waals surface area contributed by atoms with E-state index in [4.69, 9.17) is 0 Å². The van der Waals surface area contributed by atoms with Gasteiger partial charge in [0.25, 0.3) is 0 Å². The second-order valence-corrected chi connectivity index (χ2v) is 10.6. The topological polar surface area (TPSA) is 51.2 Å². The Bertz CT molecular complexity index is 1140. The van der Waals surface area contributed by atoms with Crippen molar-refractivity contribution in [1.82, 2.24) is 0 Å². The summed E-state index contributed by atoms with van der Waals surface area (Å²) < 4.78 is 0. The van der Waals surface area contributed by atoms with E-state index in [1.807, 2.05) is 0 Å². The molecule has 0 radical (unpaired) electrons. The standard InChI is InChI=1S/C30H24O3/c31-16-28-14-26(28)20-5-11-24(12-6-20)30(18-33)15-27(30)21-3-9-23(10-4-21)29(17-32)13-25(29)19-1-7-22(28)8-2-19/h1-12,16-18,25-27H,13-15H2/t25-,26-,27-,28-,29-,30-/m1/s1. The van der Waals surface area contributed by atoms with E-state index in [0.717, 1.165) is 71.5 Å². The molecule has 33 heavy (non-hydrogen) atoms. The predicted octanol–water partition coefficient (Wildman–Crippen LogP) is 4.87. The van der Waals surface area contributed by atoms with Crippen LogP contribution in [0.25, 0.3) is 0 Å². The molecule has 7 aliphatic carbocycles. The molecule has 3 aromatic rings. The van der Waals surface area contributed by atoms with Crippen LogP contribution in [0, 0.1) is 0 Å². The molecule has 0 heterocycles. The van der Waals surface area contributed by atoms with Gasteiger partial charge >= 0.3 is 0 Å². The first-order valence-electron chi connectivity index (χ1n) is 11.8. The van der Waals surface area contributed by atoms with Gasteiger partial charge in [0.05, 0.1) is 16.2 Å². The van der Waals surface area contributed by atoms with Gasteiger partial charge in [-0.3, -0.25) is 0 Å². The number of hydrogen-bond donors (Lipinski definition) is 0. The van der Waals surface area contributed by atoms with Crippen LogP contribution in [0.2, 0.25) is 0 Å². The van der Waals surface area contributed by atoms with Crippen LogP contribution in [0.15, 0.2) is 72.8 Å². The van der Waals surface area contributed by atoms with Gasteiger partial charge in [0.1, 0.15) is 18.9 Å². The molecule has 6 bridgehead atoms. The average Bonchev–Trinajstić information content (AvgIpc) is 3.79. The number of aldehydes is 3. The van der Waals surface area contributed by atoms with Crippen LogP contribution in [-0.4, -0.2) is 18.9 Å². The molecule has 3 heteroatoms. The molecule has 7 aliphatic rings. The predicted molar refractivity (Wildman–Crippen MR) is 125 cm³/mol. The lowest BCUT2D eigenvalue weighted by molar-refractivity contribution is -0.110. The van der Waals surface area contributed by atoms with Crippen LogP contribution in [0.5, 0.6) is 0 Å². The molecule has 0 aromatic heterocycles. The fourth-order valence-electron chi connectivity index (χ4n) is 6.71. The minimum absolute atomic E-state index is 0.165. The Morgan fingerprint density at radius 1 is 0.455 bits per heavy atom. The molecule has 0 aliphatic heterocycles. The molecule has 3 aromatic carbocycles. The lowest BCUT2D eigenvalue weighted by atomic mass is 9.86. The van der Waals surface area contributed by atoms with Gasteiger partial charge in [-0.05, 0) is 52.6 Å². The molecule has 3 fully saturated rings. The van der Waals surface area contributed by atoms with E-state index in [9.17, 15) is 14.4 Å². The fourth-order valence-corrected chi connectivity index (χ4v) is 6.71. The minimum Gasteiger partial charge on any atom is -0.302 e. The van der Waals surface area contributed by atoms with Crippen molar-refractivity contribution in [2.45, 2.75) is 53.3 Å². The molecule has 0 spiro atoms. The Labute approximate surface area is 192 Å². The van der Waals surface area contributed by atoms with Gasteiger partial charge in [-0.2, -0.15) is 0 Å². The third-order valence-electron chi connectivity index (χ3n) is 9.19. The molecule has 162 valence electrons. The normalized spacial score (nSPS) is 36.5. The second-order valence-electron chi connectivity index (χ2n) is 10.6. The highest BCUT2D eigenvalue weighted by Gasteiger charge is 2.59. The second kappa shape index (κ2) is 6.17. The van der Waals surface area contributed by atoms with Crippen LogP contribution in [0.1, 0.15) is 70.4 Å². The van der Waals surface area contributed by atoms with Crippen LogP contribution in [0.4, 0.5) is 0 Å². The Hall–Kier alpha value is -3.33. The van der Waals surface area contributed by atoms with Crippen molar-refractivity contribution in [3.63, 3.8) is 0 Å². The SMILES string of the molecule is O=C[C@@]12C[C@@H]1c1ccc(cc1)[C@]1(C=O)C[C@@H]1c1ccc(cc1)[C@]1(C=O)C[C@@H]1c1ccc2cc1. The van der Waals surface area contributed by atoms with Crippen molar-refractivity contribution in [3.05, 3.63) is 106 Å². The van der Waals surface area contributed by atoms with E-state index in [1.165, 1.54) is 0 Å². The van der Waals surface area contributed by atoms with E-state index in [1.54, 1.807) is 0 Å². The Balaban J connectivity index is 1.38. The third-order valence-corrected chi connectivity index (χ3v) is 9.19. The lowest BCUT2D eigenvalue weighted by Crippen LogP contribution is -2.14. The monoisotopic (exact) mass is 432 g/mol. The van der Waals surface area contributed by atoms with Crippen LogP contribution >= 0.6 is 0 Å². The maximum Gasteiger partial charge on any atom is 0.131 e. The van der Waals surface area contributed by atoms with E-state index < -0.39 is 16.2 Å². The zero-order valence-corrected chi connectivity index (χ0v) is 18.2. The molecule has 3 nitrogen and oxygen atoms in total. The van der Waals surface area contributed by atoms with Crippen LogP contribution < -0.4 is 0 Å². The van der Waals surface area contributed by atoms with E-state index in [0.29, 0.717) is 0 Å². The highest BCUT2D eigenvalue weighted by Crippen LogP contribution is 2.63. The summed E-state index contributed by atoms with van der Waals surface area (Å²) >= 11 is 0. The zero-order valence-electron chi connectivity index (χ0n) is 18.2. The quantitative estimate of drug-likeness (QED) is 0.555. The third kappa shape index (κ3) is 2.37. The summed E-state index contributed by atoms with van der Waals surface area (Å²) in [6, 6.07) is 25.1. The average molecular weight is 433 g/mol. The number of carbonyl (C=O) groups is 3. The summed E-state index contributed by atoms with van der Waals surface area (Å²) in [5.41, 5.74) is 5.17. The van der Waals surface area contributed by atoms with E-state index in [2.05, 4.69) is 72.8 Å². The fraction of sp³-hybridized carbons (Fsp3) is 0.300. The molecular weight excluding hydrogens is 408 g/mol. The number of carbonyl (C=O) groups excluding carboxylic acids is 3. The zero-order chi connectivity index (χ0) is 22.4. The van der Waals surface area contributed by atoms with Gasteiger partial charge in [-0.1, -0.05) is 72.8 Å². The first-order chi connectivity index (χ1) is 16.1. The molecule has 10 rings (SSSR count). The van der Waals surface area contributed by atoms with Gasteiger partial charge in [-0.15, -0.1) is 0 Å². The largest absolute Gasteiger partial charge is 0.302 e. The van der Waals surface area contributed by atoms with Crippen molar-refractivity contribution in [3.8, 4) is 0 Å². The maximum atomic E-state index is 12.2. The number of fused-ring (bicyclic) bond motifs is 3. The summed E-state index contributed by atoms with van der Waals surface area (Å²) in [6.07, 6.45) is 5.75. The first-order valence-corrected chi connectivity index (χ1v) is 11.8. The molecule has 0 N–H and O–H groups in total. The van der Waals surface area contributed by atoms with Crippen LogP contribution in [0.3, 0.4) is 0 Å². The van der Waals surface area contributed by atoms with Gasteiger partial charge < -0.3 is 14.4 Å². The van der Waals surface area contributed by atoms with Crippen molar-refractivity contribution in [1.29, 1.82) is 0 Å². The van der Waals surface area contributed by atoms with Crippen molar-refractivity contribution in [2.75, 3.05) is 0 Å². The van der Waals surface area contributed by atoms with Gasteiger partial charge in [0.2, 0.25) is 0 Å². The molecule has 3 saturated carbocycles. The van der Waals surface area contributed by atoms with Crippen molar-refractivity contribution < 1.29 is 14.4 Å². The smallest absolute Gasteiger partial charge is 0.131 e. The van der Waals surface area contributed by atoms with E-state index >= 15 is 0 Å². The highest BCUT2D eigenvalue weighted by atomic mass is 16.1. The lowest BCUT2D eigenvalue weighted by Gasteiger charge is -2.16. The minimum atomic E-state index is -0.476. The Kier molecular flexibility index (Phi) is 3.58. The van der Waals surface area contributed by atoms with Gasteiger partial charge in [-0.25, -0.2) is 0 Å². The van der Waals surface area contributed by atoms with Crippen LogP contribution in [-0.2, 0) is 30.6 Å². The van der Waals surface area contributed by atoms with Gasteiger partial charge in [0, 0.05) is 17.8 Å². The molecule has 0 amide bonds. The molecule has 6 atom stereocenters. The number of rotatable bonds is 3. The Morgan fingerprint density at radius 3 is 0.909 bits per heavy atom. The summed E-state index contributed by atoms with van der Waals surface area (Å²) in [7, 11) is 0. The first kappa shape index (κ1) is 19.2. The van der Waals surface area contributed by atoms with Crippen molar-refractivity contribution in [2.24, 2.45) is 0 Å². The number of hydrogen-bond acceptors (Lipinski definition) is 3. The van der Waals surface area contributed by atoms with Gasteiger partial charge in [0.15, 0.2) is 0 Å². The Morgan fingerprint density at radius 2 is 0.697 bits per heavy atom. The summed E-state index contributed by atoms with van der Waals surface area (Å²) in [5, 5.41) is 0. The summed E-state index contributed by atoms with van der Waals surface area (Å²) in [4.78, 5) is 36.7.